The Bertz CT molecular complexity index is 593. The fourth-order valence-electron chi connectivity index (χ4n) is 4.38. The summed E-state index contributed by atoms with van der Waals surface area (Å²) in [5.74, 6) is 1.51. The number of hydrogen-bond acceptors (Lipinski definition) is 3. The van der Waals surface area contributed by atoms with E-state index in [1.807, 2.05) is 12.1 Å². The van der Waals surface area contributed by atoms with Gasteiger partial charge in [0, 0.05) is 13.1 Å². The number of carbonyl (C=O) groups excluding carboxylic acids is 1. The monoisotopic (exact) mass is 285 g/mol. The van der Waals surface area contributed by atoms with Crippen LogP contribution in [0, 0.1) is 5.92 Å². The van der Waals surface area contributed by atoms with Crippen LogP contribution in [-0.4, -0.2) is 34.9 Å². The molecule has 2 unspecified atom stereocenters. The minimum atomic E-state index is -0.350. The van der Waals surface area contributed by atoms with Crippen LogP contribution in [-0.2, 0) is 16.6 Å². The van der Waals surface area contributed by atoms with E-state index >= 15 is 0 Å². The number of piperidine rings is 1. The molecule has 0 spiro atoms. The van der Waals surface area contributed by atoms with Crippen LogP contribution in [0.3, 0.4) is 0 Å². The van der Waals surface area contributed by atoms with E-state index in [4.69, 9.17) is 0 Å². The average Bonchev–Trinajstić information content (AvgIpc) is 3.28. The van der Waals surface area contributed by atoms with Gasteiger partial charge >= 0.3 is 0 Å². The molecule has 1 aromatic carbocycles. The van der Waals surface area contributed by atoms with Gasteiger partial charge in [-0.1, -0.05) is 13.0 Å². The van der Waals surface area contributed by atoms with Crippen LogP contribution >= 0.6 is 0 Å². The van der Waals surface area contributed by atoms with Crippen molar-refractivity contribution in [3.63, 3.8) is 0 Å². The van der Waals surface area contributed by atoms with Crippen LogP contribution in [0.25, 0.3) is 0 Å². The molecule has 2 atom stereocenters. The van der Waals surface area contributed by atoms with Gasteiger partial charge in [-0.25, -0.2) is 0 Å². The van der Waals surface area contributed by atoms with Crippen molar-refractivity contribution in [3.05, 3.63) is 29.3 Å². The summed E-state index contributed by atoms with van der Waals surface area (Å²) < 4.78 is 0. The van der Waals surface area contributed by atoms with Crippen molar-refractivity contribution >= 4 is 5.78 Å². The zero-order valence-electron chi connectivity index (χ0n) is 12.6. The van der Waals surface area contributed by atoms with Gasteiger partial charge in [-0.05, 0) is 61.3 Å². The highest BCUT2D eigenvalue weighted by Crippen LogP contribution is 2.46. The number of benzene rings is 1. The largest absolute Gasteiger partial charge is 0.508 e. The van der Waals surface area contributed by atoms with E-state index in [1.165, 1.54) is 18.4 Å². The normalized spacial score (nSPS) is 32.0. The van der Waals surface area contributed by atoms with Crippen molar-refractivity contribution in [2.75, 3.05) is 13.1 Å². The first kappa shape index (κ1) is 13.3. The maximum absolute atomic E-state index is 13.1. The summed E-state index contributed by atoms with van der Waals surface area (Å²) >= 11 is 0. The first-order valence-corrected chi connectivity index (χ1v) is 8.25. The number of ketones is 1. The predicted octanol–water partition coefficient (Wildman–Crippen LogP) is 2.65. The fraction of sp³-hybridized carbons (Fsp3) is 0.611. The van der Waals surface area contributed by atoms with Crippen molar-refractivity contribution in [1.29, 1.82) is 0 Å². The number of fused-ring (bicyclic) bond motifs is 4. The Morgan fingerprint density at radius 1 is 1.38 bits per heavy atom. The predicted molar refractivity (Wildman–Crippen MR) is 81.5 cm³/mol. The summed E-state index contributed by atoms with van der Waals surface area (Å²) in [5.41, 5.74) is 2.01. The van der Waals surface area contributed by atoms with Gasteiger partial charge in [0.05, 0.1) is 11.5 Å². The number of phenolic OH excluding ortho intramolecular Hbond substituents is 1. The molecular weight excluding hydrogens is 262 g/mol. The molecule has 4 rings (SSSR count). The van der Waals surface area contributed by atoms with Gasteiger partial charge in [-0.15, -0.1) is 0 Å². The summed E-state index contributed by atoms with van der Waals surface area (Å²) in [7, 11) is 0. The third-order valence-corrected chi connectivity index (χ3v) is 5.86. The zero-order valence-corrected chi connectivity index (χ0v) is 12.6. The van der Waals surface area contributed by atoms with Crippen molar-refractivity contribution in [1.82, 2.24) is 4.90 Å². The smallest absolute Gasteiger partial charge is 0.160 e. The lowest BCUT2D eigenvalue weighted by molar-refractivity contribution is -0.135. The number of rotatable bonds is 3. The molecule has 21 heavy (non-hydrogen) atoms. The van der Waals surface area contributed by atoms with Crippen molar-refractivity contribution < 1.29 is 9.90 Å². The Morgan fingerprint density at radius 2 is 2.19 bits per heavy atom. The molecule has 0 radical (unpaired) electrons. The minimum absolute atomic E-state index is 0.0661. The topological polar surface area (TPSA) is 40.5 Å². The van der Waals surface area contributed by atoms with E-state index in [1.54, 1.807) is 6.07 Å². The second-order valence-electron chi connectivity index (χ2n) is 7.05. The van der Waals surface area contributed by atoms with Crippen LogP contribution in [0.5, 0.6) is 5.75 Å². The third kappa shape index (κ3) is 1.94. The van der Waals surface area contributed by atoms with Crippen molar-refractivity contribution in [3.8, 4) is 5.75 Å². The average molecular weight is 285 g/mol. The number of phenols is 1. The first-order valence-electron chi connectivity index (χ1n) is 8.25. The fourth-order valence-corrected chi connectivity index (χ4v) is 4.38. The highest BCUT2D eigenvalue weighted by molar-refractivity contribution is 5.97. The van der Waals surface area contributed by atoms with Crippen LogP contribution < -0.4 is 0 Å². The van der Waals surface area contributed by atoms with Crippen LogP contribution in [0.2, 0.25) is 0 Å². The first-order chi connectivity index (χ1) is 10.1. The molecule has 3 aliphatic rings. The molecule has 2 aliphatic carbocycles. The Hall–Kier alpha value is -1.35. The Labute approximate surface area is 126 Å². The minimum Gasteiger partial charge on any atom is -0.508 e. The Morgan fingerprint density at radius 3 is 2.90 bits per heavy atom. The highest BCUT2D eigenvalue weighted by Gasteiger charge is 2.52. The molecular formula is C18H23NO2. The van der Waals surface area contributed by atoms with Crippen LogP contribution in [0.15, 0.2) is 18.2 Å². The number of likely N-dealkylation sites (tertiary alicyclic amines) is 1. The van der Waals surface area contributed by atoms with Gasteiger partial charge in [0.25, 0.3) is 0 Å². The summed E-state index contributed by atoms with van der Waals surface area (Å²) in [4.78, 5) is 15.6. The molecule has 2 bridgehead atoms. The molecule has 1 saturated carbocycles. The molecule has 3 heteroatoms. The maximum atomic E-state index is 13.1. The molecule has 1 heterocycles. The number of carbonyl (C=O) groups is 1. The molecule has 0 aromatic heterocycles. The molecule has 3 nitrogen and oxygen atoms in total. The Kier molecular flexibility index (Phi) is 2.90. The summed E-state index contributed by atoms with van der Waals surface area (Å²) in [6.45, 7) is 4.24. The summed E-state index contributed by atoms with van der Waals surface area (Å²) in [5, 5.41) is 9.84. The van der Waals surface area contributed by atoms with Crippen LogP contribution in [0.4, 0.5) is 0 Å². The van der Waals surface area contributed by atoms with E-state index < -0.39 is 0 Å². The molecule has 0 amide bonds. The van der Waals surface area contributed by atoms with Gasteiger partial charge in [-0.3, -0.25) is 9.69 Å². The van der Waals surface area contributed by atoms with Gasteiger partial charge in [0.2, 0.25) is 0 Å². The second kappa shape index (κ2) is 4.57. The highest BCUT2D eigenvalue weighted by atomic mass is 16.3. The van der Waals surface area contributed by atoms with E-state index in [0.29, 0.717) is 5.78 Å². The molecule has 1 saturated heterocycles. The SMILES string of the molecule is CCC12CCN(CC3CC3)C(Cc3ccc(O)cc31)C2=O. The quantitative estimate of drug-likeness (QED) is 0.928. The molecule has 1 aromatic rings. The lowest BCUT2D eigenvalue weighted by Crippen LogP contribution is -2.60. The standard InChI is InChI=1S/C18H23NO2/c1-2-18-7-8-19(11-12-3-4-12)16(17(18)21)9-13-5-6-14(20)10-15(13)18/h5-6,10,12,16,20H,2-4,7-9,11H2,1H3. The molecule has 1 aliphatic heterocycles. The van der Waals surface area contributed by atoms with E-state index in [9.17, 15) is 9.90 Å². The summed E-state index contributed by atoms with van der Waals surface area (Å²) in [6.07, 6.45) is 5.24. The molecule has 1 N–H and O–H groups in total. The van der Waals surface area contributed by atoms with Crippen molar-refractivity contribution in [2.45, 2.75) is 50.5 Å². The van der Waals surface area contributed by atoms with E-state index in [0.717, 1.165) is 43.8 Å². The Balaban J connectivity index is 1.76. The number of hydrogen-bond donors (Lipinski definition) is 1. The van der Waals surface area contributed by atoms with Gasteiger partial charge in [-0.2, -0.15) is 0 Å². The molecule has 2 fully saturated rings. The van der Waals surface area contributed by atoms with Gasteiger partial charge < -0.3 is 5.11 Å². The lowest BCUT2D eigenvalue weighted by atomic mass is 9.61. The number of aromatic hydroxyl groups is 1. The van der Waals surface area contributed by atoms with Gasteiger partial charge in [0.15, 0.2) is 5.78 Å². The summed E-state index contributed by atoms with van der Waals surface area (Å²) in [6, 6.07) is 5.69. The van der Waals surface area contributed by atoms with Gasteiger partial charge in [0.1, 0.15) is 5.75 Å². The maximum Gasteiger partial charge on any atom is 0.160 e. The van der Waals surface area contributed by atoms with E-state index in [2.05, 4.69) is 11.8 Å². The number of nitrogens with zero attached hydrogens (tertiary/aromatic N) is 1. The second-order valence-corrected chi connectivity index (χ2v) is 7.05. The van der Waals surface area contributed by atoms with Crippen molar-refractivity contribution in [2.24, 2.45) is 5.92 Å². The van der Waals surface area contributed by atoms with E-state index in [-0.39, 0.29) is 17.2 Å². The number of Topliss-reactive ketones (excluding diaryl/α,β-unsaturated/α-hetero) is 1. The zero-order chi connectivity index (χ0) is 14.6. The molecule has 112 valence electrons. The van der Waals surface area contributed by atoms with Crippen LogP contribution in [0.1, 0.15) is 43.7 Å². The third-order valence-electron chi connectivity index (χ3n) is 5.86. The lowest BCUT2D eigenvalue weighted by Gasteiger charge is -2.49.